The van der Waals surface area contributed by atoms with Crippen LogP contribution in [0, 0.1) is 5.92 Å². The summed E-state index contributed by atoms with van der Waals surface area (Å²) in [5.74, 6) is -4.02. The number of halogens is 4. The Morgan fingerprint density at radius 3 is 2.47 bits per heavy atom. The Balaban J connectivity index is 1.93. The standard InChI is InChI=1S/C20H18ClF3N4O4/c21-11-7-4-8-12(9-11)28-14-13(16(30)26-18(28)32)19(17(31)25-14,20(22,23)24)27-15(29)10-5-2-1-3-6-10/h4,7-10H,1-3,5-6H2,(H,25,31)(H,27,29)(H,26,30,32)/t19-/m0/s1. The van der Waals surface area contributed by atoms with Crippen molar-refractivity contribution in [3.8, 4) is 5.69 Å². The maximum atomic E-state index is 14.4. The minimum Gasteiger partial charge on any atom is -0.330 e. The molecule has 1 saturated carbocycles. The number of fused-ring (bicyclic) bond motifs is 1. The number of amides is 2. The first-order valence-corrected chi connectivity index (χ1v) is 10.3. The SMILES string of the molecule is O=C(N[C@]1(C(F)(F)F)C(=O)Nc2c1c(=O)[nH]c(=O)n2-c1cccc(Cl)c1)C1CCCCC1. The van der Waals surface area contributed by atoms with Gasteiger partial charge in [-0.15, -0.1) is 0 Å². The number of carbonyl (C=O) groups is 2. The van der Waals surface area contributed by atoms with E-state index in [2.05, 4.69) is 0 Å². The van der Waals surface area contributed by atoms with Gasteiger partial charge in [-0.1, -0.05) is 36.9 Å². The molecule has 32 heavy (non-hydrogen) atoms. The van der Waals surface area contributed by atoms with E-state index in [1.165, 1.54) is 24.3 Å². The number of rotatable bonds is 3. The molecular weight excluding hydrogens is 453 g/mol. The van der Waals surface area contributed by atoms with E-state index in [-0.39, 0.29) is 10.7 Å². The fourth-order valence-electron chi connectivity index (χ4n) is 4.29. The number of benzene rings is 1. The van der Waals surface area contributed by atoms with Gasteiger partial charge in [-0.25, -0.2) is 9.36 Å². The predicted octanol–water partition coefficient (Wildman–Crippen LogP) is 2.59. The van der Waals surface area contributed by atoms with E-state index in [9.17, 15) is 32.3 Å². The van der Waals surface area contributed by atoms with Gasteiger partial charge in [0.25, 0.3) is 11.5 Å². The highest BCUT2D eigenvalue weighted by atomic mass is 35.5. The molecule has 1 aromatic carbocycles. The second kappa shape index (κ2) is 7.80. The van der Waals surface area contributed by atoms with Gasteiger partial charge >= 0.3 is 11.9 Å². The Labute approximate surface area is 183 Å². The summed E-state index contributed by atoms with van der Waals surface area (Å²) < 4.78 is 44.0. The summed E-state index contributed by atoms with van der Waals surface area (Å²) in [6.07, 6.45) is -2.39. The number of alkyl halides is 3. The summed E-state index contributed by atoms with van der Waals surface area (Å²) in [6.45, 7) is 0. The molecule has 1 aliphatic carbocycles. The Kier molecular flexibility index (Phi) is 5.40. The zero-order chi connectivity index (χ0) is 23.3. The van der Waals surface area contributed by atoms with Gasteiger partial charge in [-0.2, -0.15) is 13.2 Å². The van der Waals surface area contributed by atoms with Gasteiger partial charge in [-0.05, 0) is 31.0 Å². The van der Waals surface area contributed by atoms with Crippen LogP contribution in [0.25, 0.3) is 5.69 Å². The minimum absolute atomic E-state index is 0.0203. The molecule has 1 aromatic heterocycles. The quantitative estimate of drug-likeness (QED) is 0.640. The lowest BCUT2D eigenvalue weighted by atomic mass is 9.86. The Morgan fingerprint density at radius 2 is 1.84 bits per heavy atom. The number of aromatic nitrogens is 2. The zero-order valence-corrected chi connectivity index (χ0v) is 17.3. The van der Waals surface area contributed by atoms with Gasteiger partial charge in [0.1, 0.15) is 11.4 Å². The molecule has 3 N–H and O–H groups in total. The smallest absolute Gasteiger partial charge is 0.330 e. The van der Waals surface area contributed by atoms with Crippen molar-refractivity contribution >= 4 is 29.2 Å². The van der Waals surface area contributed by atoms with E-state index in [0.717, 1.165) is 6.42 Å². The van der Waals surface area contributed by atoms with Crippen molar-refractivity contribution in [1.82, 2.24) is 14.9 Å². The van der Waals surface area contributed by atoms with Gasteiger partial charge in [0, 0.05) is 10.9 Å². The van der Waals surface area contributed by atoms with E-state index in [1.807, 2.05) is 15.6 Å². The zero-order valence-electron chi connectivity index (χ0n) is 16.5. The van der Waals surface area contributed by atoms with Crippen LogP contribution in [0.4, 0.5) is 19.0 Å². The van der Waals surface area contributed by atoms with Gasteiger partial charge < -0.3 is 10.6 Å². The van der Waals surface area contributed by atoms with E-state index in [1.54, 1.807) is 0 Å². The molecule has 4 rings (SSSR count). The van der Waals surface area contributed by atoms with E-state index in [0.29, 0.717) is 30.3 Å². The third-order valence-corrected chi connectivity index (χ3v) is 6.07. The van der Waals surface area contributed by atoms with Gasteiger partial charge in [0.05, 0.1) is 5.69 Å². The number of hydrogen-bond acceptors (Lipinski definition) is 4. The van der Waals surface area contributed by atoms with Crippen LogP contribution in [0.2, 0.25) is 5.02 Å². The lowest BCUT2D eigenvalue weighted by molar-refractivity contribution is -0.201. The van der Waals surface area contributed by atoms with Crippen molar-refractivity contribution in [1.29, 1.82) is 0 Å². The molecule has 2 heterocycles. The molecule has 0 unspecified atom stereocenters. The highest BCUT2D eigenvalue weighted by Crippen LogP contribution is 2.45. The number of H-pyrrole nitrogens is 1. The van der Waals surface area contributed by atoms with Gasteiger partial charge in [-0.3, -0.25) is 19.4 Å². The molecule has 0 bridgehead atoms. The molecule has 8 nitrogen and oxygen atoms in total. The number of carbonyl (C=O) groups excluding carboxylic acids is 2. The molecule has 2 aliphatic rings. The Bertz CT molecular complexity index is 1220. The van der Waals surface area contributed by atoms with Crippen LogP contribution >= 0.6 is 11.6 Å². The number of nitrogens with zero attached hydrogens (tertiary/aromatic N) is 1. The van der Waals surface area contributed by atoms with E-state index < -0.39 is 52.1 Å². The lowest BCUT2D eigenvalue weighted by Gasteiger charge is -2.32. The number of anilines is 1. The molecule has 1 atom stereocenters. The molecule has 170 valence electrons. The lowest BCUT2D eigenvalue weighted by Crippen LogP contribution is -2.63. The average Bonchev–Trinajstić information content (AvgIpc) is 3.02. The highest BCUT2D eigenvalue weighted by Gasteiger charge is 2.68. The minimum atomic E-state index is -5.36. The molecule has 0 radical (unpaired) electrons. The molecule has 1 aliphatic heterocycles. The molecule has 2 amide bonds. The van der Waals surface area contributed by atoms with Crippen LogP contribution in [-0.2, 0) is 15.1 Å². The molecule has 0 saturated heterocycles. The first-order chi connectivity index (χ1) is 15.1. The third-order valence-electron chi connectivity index (χ3n) is 5.84. The molecular formula is C20H18ClF3N4O4. The highest BCUT2D eigenvalue weighted by molar-refractivity contribution is 6.30. The van der Waals surface area contributed by atoms with Gasteiger partial charge in [0.15, 0.2) is 0 Å². The summed E-state index contributed by atoms with van der Waals surface area (Å²) in [4.78, 5) is 52.5. The van der Waals surface area contributed by atoms with Crippen molar-refractivity contribution in [2.45, 2.75) is 43.8 Å². The van der Waals surface area contributed by atoms with Crippen molar-refractivity contribution in [3.63, 3.8) is 0 Å². The van der Waals surface area contributed by atoms with Crippen LogP contribution in [0.3, 0.4) is 0 Å². The fourth-order valence-corrected chi connectivity index (χ4v) is 4.48. The summed E-state index contributed by atoms with van der Waals surface area (Å²) in [5, 5.41) is 3.99. The molecule has 2 aromatic rings. The monoisotopic (exact) mass is 470 g/mol. The van der Waals surface area contributed by atoms with Crippen LogP contribution in [0.5, 0.6) is 0 Å². The molecule has 0 spiro atoms. The van der Waals surface area contributed by atoms with Crippen LogP contribution in [-0.4, -0.2) is 27.5 Å². The van der Waals surface area contributed by atoms with Crippen molar-refractivity contribution in [2.75, 3.05) is 5.32 Å². The third kappa shape index (κ3) is 3.40. The number of aromatic amines is 1. The van der Waals surface area contributed by atoms with Crippen LogP contribution in [0.1, 0.15) is 37.7 Å². The first-order valence-electron chi connectivity index (χ1n) is 9.92. The molecule has 12 heteroatoms. The van der Waals surface area contributed by atoms with Crippen molar-refractivity contribution < 1.29 is 22.8 Å². The van der Waals surface area contributed by atoms with E-state index in [4.69, 9.17) is 11.6 Å². The van der Waals surface area contributed by atoms with Crippen molar-refractivity contribution in [3.05, 3.63) is 55.7 Å². The number of nitrogens with one attached hydrogen (secondary N) is 3. The first kappa shape index (κ1) is 22.1. The summed E-state index contributed by atoms with van der Waals surface area (Å²) in [7, 11) is 0. The number of hydrogen-bond donors (Lipinski definition) is 3. The normalized spacial score (nSPS) is 21.2. The summed E-state index contributed by atoms with van der Waals surface area (Å²) in [5.41, 5.74) is -7.22. The topological polar surface area (TPSA) is 113 Å². The fraction of sp³-hybridized carbons (Fsp3) is 0.400. The maximum absolute atomic E-state index is 14.4. The van der Waals surface area contributed by atoms with E-state index >= 15 is 0 Å². The Hall–Kier alpha value is -3.08. The Morgan fingerprint density at radius 1 is 1.16 bits per heavy atom. The van der Waals surface area contributed by atoms with Crippen molar-refractivity contribution in [2.24, 2.45) is 5.92 Å². The summed E-state index contributed by atoms with van der Waals surface area (Å²) >= 11 is 5.93. The molecule has 1 fully saturated rings. The second-order valence-electron chi connectivity index (χ2n) is 7.82. The average molecular weight is 471 g/mol. The summed E-state index contributed by atoms with van der Waals surface area (Å²) in [6, 6.07) is 5.57. The second-order valence-corrected chi connectivity index (χ2v) is 8.26. The van der Waals surface area contributed by atoms with Crippen LogP contribution < -0.4 is 21.9 Å². The maximum Gasteiger partial charge on any atom is 0.425 e. The van der Waals surface area contributed by atoms with Crippen LogP contribution in [0.15, 0.2) is 33.9 Å². The largest absolute Gasteiger partial charge is 0.425 e. The van der Waals surface area contributed by atoms with Gasteiger partial charge in [0.2, 0.25) is 11.4 Å². The predicted molar refractivity (Wildman–Crippen MR) is 109 cm³/mol.